The van der Waals surface area contributed by atoms with Crippen LogP contribution in [0.4, 0.5) is 5.69 Å². The molecule has 0 saturated carbocycles. The molecule has 8 nitrogen and oxygen atoms in total. The number of esters is 1. The van der Waals surface area contributed by atoms with Gasteiger partial charge in [0.25, 0.3) is 0 Å². The van der Waals surface area contributed by atoms with E-state index in [0.717, 1.165) is 38.2 Å². The highest BCUT2D eigenvalue weighted by atomic mass is 16.5. The van der Waals surface area contributed by atoms with Gasteiger partial charge in [-0.05, 0) is 68.2 Å². The molecule has 0 bridgehead atoms. The smallest absolute Gasteiger partial charge is 0.337 e. The number of carbonyl (C=O) groups excluding carboxylic acids is 3. The first-order chi connectivity index (χ1) is 14.5. The molecule has 1 aliphatic heterocycles. The van der Waals surface area contributed by atoms with Crippen LogP contribution in [0.1, 0.15) is 28.9 Å². The molecular formula is C22H26N4O4. The van der Waals surface area contributed by atoms with Gasteiger partial charge in [0.2, 0.25) is 0 Å². The zero-order valence-electron chi connectivity index (χ0n) is 17.0. The highest BCUT2D eigenvalue weighted by Gasteiger charge is 2.21. The number of likely N-dealkylation sites (tertiary alicyclic amines) is 1. The van der Waals surface area contributed by atoms with Crippen molar-refractivity contribution in [1.82, 2.24) is 15.2 Å². The van der Waals surface area contributed by atoms with Crippen molar-refractivity contribution in [2.75, 3.05) is 32.1 Å². The monoisotopic (exact) mass is 410 g/mol. The summed E-state index contributed by atoms with van der Waals surface area (Å²) in [5, 5.41) is 5.25. The summed E-state index contributed by atoms with van der Waals surface area (Å²) in [6.07, 6.45) is 3.73. The summed E-state index contributed by atoms with van der Waals surface area (Å²) in [6.45, 7) is 3.19. The van der Waals surface area contributed by atoms with E-state index >= 15 is 0 Å². The summed E-state index contributed by atoms with van der Waals surface area (Å²) in [5.74, 6) is -1.51. The van der Waals surface area contributed by atoms with Crippen LogP contribution in [-0.4, -0.2) is 54.4 Å². The highest BCUT2D eigenvalue weighted by Crippen LogP contribution is 2.18. The van der Waals surface area contributed by atoms with Crippen molar-refractivity contribution in [1.29, 1.82) is 0 Å². The van der Waals surface area contributed by atoms with Gasteiger partial charge in [-0.3, -0.25) is 19.5 Å². The van der Waals surface area contributed by atoms with Crippen LogP contribution < -0.4 is 10.6 Å². The van der Waals surface area contributed by atoms with Crippen molar-refractivity contribution in [3.63, 3.8) is 0 Å². The van der Waals surface area contributed by atoms with Gasteiger partial charge in [0, 0.05) is 25.0 Å². The molecule has 0 aliphatic carbocycles. The number of amides is 2. The lowest BCUT2D eigenvalue weighted by atomic mass is 9.96. The number of anilines is 1. The predicted octanol–water partition coefficient (Wildman–Crippen LogP) is 1.84. The lowest BCUT2D eigenvalue weighted by Gasteiger charge is -2.31. The Balaban J connectivity index is 1.38. The van der Waals surface area contributed by atoms with Crippen LogP contribution in [0, 0.1) is 5.92 Å². The normalized spacial score (nSPS) is 14.7. The van der Waals surface area contributed by atoms with Gasteiger partial charge >= 0.3 is 17.8 Å². The summed E-state index contributed by atoms with van der Waals surface area (Å²) in [4.78, 5) is 42.3. The fourth-order valence-corrected chi connectivity index (χ4v) is 3.38. The van der Waals surface area contributed by atoms with Crippen molar-refractivity contribution in [3.8, 4) is 0 Å². The Morgan fingerprint density at radius 2 is 1.80 bits per heavy atom. The van der Waals surface area contributed by atoms with Gasteiger partial charge in [0.05, 0.1) is 18.4 Å². The number of hydrogen-bond donors (Lipinski definition) is 2. The molecule has 1 aromatic heterocycles. The van der Waals surface area contributed by atoms with E-state index in [-0.39, 0.29) is 0 Å². The maximum absolute atomic E-state index is 12.1. The molecule has 8 heteroatoms. The number of piperidine rings is 1. The maximum atomic E-state index is 12.1. The van der Waals surface area contributed by atoms with E-state index in [2.05, 4.69) is 25.3 Å². The Morgan fingerprint density at radius 3 is 2.43 bits per heavy atom. The molecule has 1 aromatic carbocycles. The molecule has 2 N–H and O–H groups in total. The van der Waals surface area contributed by atoms with Gasteiger partial charge in [0.15, 0.2) is 0 Å². The lowest BCUT2D eigenvalue weighted by molar-refractivity contribution is -0.136. The minimum atomic E-state index is -0.728. The molecular weight excluding hydrogens is 384 g/mol. The number of nitrogens with zero attached hydrogens (tertiary/aromatic N) is 2. The summed E-state index contributed by atoms with van der Waals surface area (Å²) < 4.78 is 4.62. The van der Waals surface area contributed by atoms with Crippen molar-refractivity contribution >= 4 is 23.5 Å². The van der Waals surface area contributed by atoms with Gasteiger partial charge in [-0.15, -0.1) is 0 Å². The second-order valence-electron chi connectivity index (χ2n) is 7.27. The standard InChI is InChI=1S/C22H26N4O4/c1-30-22(29)17-5-7-18(8-6-17)25-21(28)20(27)24-14-16-9-12-26(13-10-16)15-19-4-2-3-11-23-19/h2-8,11,16H,9-10,12-15H2,1H3,(H,24,27)(H,25,28). The summed E-state index contributed by atoms with van der Waals surface area (Å²) >= 11 is 0. The van der Waals surface area contributed by atoms with E-state index in [1.807, 2.05) is 18.2 Å². The zero-order valence-corrected chi connectivity index (χ0v) is 17.0. The Kier molecular flexibility index (Phi) is 7.51. The molecule has 0 radical (unpaired) electrons. The number of methoxy groups -OCH3 is 1. The molecule has 30 heavy (non-hydrogen) atoms. The van der Waals surface area contributed by atoms with Crippen molar-refractivity contribution in [2.24, 2.45) is 5.92 Å². The number of ether oxygens (including phenoxy) is 1. The molecule has 2 aromatic rings. The largest absolute Gasteiger partial charge is 0.465 e. The number of pyridine rings is 1. The summed E-state index contributed by atoms with van der Waals surface area (Å²) in [5.41, 5.74) is 1.86. The van der Waals surface area contributed by atoms with Crippen molar-refractivity contribution < 1.29 is 19.1 Å². The Hall–Kier alpha value is -3.26. The van der Waals surface area contributed by atoms with E-state index in [9.17, 15) is 14.4 Å². The molecule has 2 amide bonds. The minimum absolute atomic E-state index is 0.348. The quantitative estimate of drug-likeness (QED) is 0.557. The molecule has 3 rings (SSSR count). The summed E-state index contributed by atoms with van der Waals surface area (Å²) in [7, 11) is 1.30. The number of aromatic nitrogens is 1. The average molecular weight is 410 g/mol. The third-order valence-electron chi connectivity index (χ3n) is 5.14. The fraction of sp³-hybridized carbons (Fsp3) is 0.364. The maximum Gasteiger partial charge on any atom is 0.337 e. The Labute approximate surface area is 175 Å². The Bertz CT molecular complexity index is 862. The second kappa shape index (κ2) is 10.5. The first-order valence-corrected chi connectivity index (χ1v) is 9.95. The van der Waals surface area contributed by atoms with Crippen LogP contribution in [0.25, 0.3) is 0 Å². The van der Waals surface area contributed by atoms with E-state index < -0.39 is 17.8 Å². The van der Waals surface area contributed by atoms with Gasteiger partial charge < -0.3 is 15.4 Å². The third kappa shape index (κ3) is 6.12. The van der Waals surface area contributed by atoms with E-state index in [1.165, 1.54) is 19.2 Å². The predicted molar refractivity (Wildman–Crippen MR) is 112 cm³/mol. The first kappa shape index (κ1) is 21.4. The average Bonchev–Trinajstić information content (AvgIpc) is 2.79. The molecule has 158 valence electrons. The zero-order chi connectivity index (χ0) is 21.3. The SMILES string of the molecule is COC(=O)c1ccc(NC(=O)C(=O)NCC2CCN(Cc3ccccn3)CC2)cc1. The lowest BCUT2D eigenvalue weighted by Crippen LogP contribution is -2.41. The molecule has 1 saturated heterocycles. The number of hydrogen-bond acceptors (Lipinski definition) is 6. The van der Waals surface area contributed by atoms with Crippen LogP contribution in [0.3, 0.4) is 0 Å². The molecule has 1 aliphatic rings. The van der Waals surface area contributed by atoms with Crippen molar-refractivity contribution in [2.45, 2.75) is 19.4 Å². The van der Waals surface area contributed by atoms with Gasteiger partial charge in [-0.25, -0.2) is 4.79 Å². The molecule has 0 unspecified atom stereocenters. The fourth-order valence-electron chi connectivity index (χ4n) is 3.38. The first-order valence-electron chi connectivity index (χ1n) is 9.95. The second-order valence-corrected chi connectivity index (χ2v) is 7.27. The Morgan fingerprint density at radius 1 is 1.07 bits per heavy atom. The van der Waals surface area contributed by atoms with E-state index in [4.69, 9.17) is 0 Å². The van der Waals surface area contributed by atoms with Gasteiger partial charge in [-0.2, -0.15) is 0 Å². The molecule has 0 atom stereocenters. The van der Waals surface area contributed by atoms with Gasteiger partial charge in [-0.1, -0.05) is 6.07 Å². The van der Waals surface area contributed by atoms with Crippen LogP contribution in [0.15, 0.2) is 48.7 Å². The molecule has 1 fully saturated rings. The van der Waals surface area contributed by atoms with Crippen LogP contribution >= 0.6 is 0 Å². The highest BCUT2D eigenvalue weighted by molar-refractivity contribution is 6.39. The van der Waals surface area contributed by atoms with E-state index in [0.29, 0.717) is 23.7 Å². The van der Waals surface area contributed by atoms with Crippen molar-refractivity contribution in [3.05, 3.63) is 59.9 Å². The van der Waals surface area contributed by atoms with E-state index in [1.54, 1.807) is 18.3 Å². The molecule has 0 spiro atoms. The van der Waals surface area contributed by atoms with Crippen LogP contribution in [0.2, 0.25) is 0 Å². The molecule has 2 heterocycles. The van der Waals surface area contributed by atoms with Gasteiger partial charge in [0.1, 0.15) is 0 Å². The number of benzene rings is 1. The number of rotatable bonds is 6. The third-order valence-corrected chi connectivity index (χ3v) is 5.14. The minimum Gasteiger partial charge on any atom is -0.465 e. The summed E-state index contributed by atoms with van der Waals surface area (Å²) in [6, 6.07) is 12.1. The van der Waals surface area contributed by atoms with Crippen LogP contribution in [0.5, 0.6) is 0 Å². The topological polar surface area (TPSA) is 101 Å². The van der Waals surface area contributed by atoms with Crippen LogP contribution in [-0.2, 0) is 20.9 Å². The number of carbonyl (C=O) groups is 3. The number of nitrogens with one attached hydrogen (secondary N) is 2.